The number of hydrogen-bond acceptors (Lipinski definition) is 5. The first-order valence-corrected chi connectivity index (χ1v) is 12.9. The van der Waals surface area contributed by atoms with Crippen molar-refractivity contribution in [2.24, 2.45) is 0 Å². The van der Waals surface area contributed by atoms with Crippen LogP contribution in [-0.2, 0) is 28.5 Å². The Morgan fingerprint density at radius 3 is 2.69 bits per heavy atom. The predicted octanol–water partition coefficient (Wildman–Crippen LogP) is 3.33. The fourth-order valence-corrected chi connectivity index (χ4v) is 5.94. The Morgan fingerprint density at radius 2 is 1.91 bits per heavy atom. The van der Waals surface area contributed by atoms with Gasteiger partial charge in [-0.2, -0.15) is 0 Å². The fourth-order valence-electron chi connectivity index (χ4n) is 5.14. The van der Waals surface area contributed by atoms with Crippen LogP contribution in [0.1, 0.15) is 36.3 Å². The first kappa shape index (κ1) is 23.6. The second-order valence-electron chi connectivity index (χ2n) is 9.20. The van der Waals surface area contributed by atoms with E-state index in [9.17, 15) is 22.0 Å². The van der Waals surface area contributed by atoms with Gasteiger partial charge in [-0.25, -0.2) is 31.3 Å². The van der Waals surface area contributed by atoms with Gasteiger partial charge in [0.2, 0.25) is 10.0 Å². The standard InChI is InChI=1S/C24H22F3N3O4S/c1-35(32,33)30-14-5-6-24(11-14)10-13-7-17(20(27)9-19(13)26)16-3-2-4-18(25)22(16)34-12-15-8-21(31)29-23(24)28-15/h2-4,7-9,14,30H,5-6,10-12H2,1H3,(H,28,29,31)/t14-,24+/m0/s1. The maximum atomic E-state index is 15.1. The molecule has 1 aromatic heterocycles. The number of para-hydroxylation sites is 1. The summed E-state index contributed by atoms with van der Waals surface area (Å²) in [5.74, 6) is -2.40. The summed E-state index contributed by atoms with van der Waals surface area (Å²) >= 11 is 0. The van der Waals surface area contributed by atoms with Gasteiger partial charge in [0.25, 0.3) is 5.56 Å². The number of nitrogens with one attached hydrogen (secondary N) is 2. The molecule has 2 aliphatic rings. The normalized spacial score (nSPS) is 21.7. The van der Waals surface area contributed by atoms with Crippen molar-refractivity contribution >= 4 is 10.0 Å². The molecule has 1 fully saturated rings. The quantitative estimate of drug-likeness (QED) is 0.557. The zero-order valence-electron chi connectivity index (χ0n) is 18.7. The summed E-state index contributed by atoms with van der Waals surface area (Å²) in [4.78, 5) is 19.8. The van der Waals surface area contributed by atoms with Crippen molar-refractivity contribution in [1.82, 2.24) is 14.7 Å². The predicted molar refractivity (Wildman–Crippen MR) is 122 cm³/mol. The smallest absolute Gasteiger partial charge is 0.251 e. The molecule has 1 saturated carbocycles. The van der Waals surface area contributed by atoms with Gasteiger partial charge < -0.3 is 9.72 Å². The van der Waals surface area contributed by atoms with E-state index in [-0.39, 0.29) is 53.4 Å². The highest BCUT2D eigenvalue weighted by atomic mass is 32.2. The molecule has 3 aromatic rings. The lowest BCUT2D eigenvalue weighted by atomic mass is 9.78. The summed E-state index contributed by atoms with van der Waals surface area (Å²) in [7, 11) is -3.51. The molecule has 1 aliphatic heterocycles. The van der Waals surface area contributed by atoms with Crippen molar-refractivity contribution < 1.29 is 26.3 Å². The van der Waals surface area contributed by atoms with E-state index >= 15 is 4.39 Å². The minimum absolute atomic E-state index is 0.0198. The number of aromatic nitrogens is 2. The monoisotopic (exact) mass is 505 g/mol. The number of H-pyrrole nitrogens is 1. The Labute approximate surface area is 199 Å². The summed E-state index contributed by atoms with van der Waals surface area (Å²) in [6.45, 7) is -0.262. The van der Waals surface area contributed by atoms with Gasteiger partial charge in [-0.3, -0.25) is 4.79 Å². The zero-order chi connectivity index (χ0) is 25.0. The number of ether oxygens (including phenoxy) is 1. The number of halogens is 3. The summed E-state index contributed by atoms with van der Waals surface area (Å²) in [6, 6.07) is 6.84. The third-order valence-electron chi connectivity index (χ3n) is 6.57. The average molecular weight is 506 g/mol. The largest absolute Gasteiger partial charge is 0.484 e. The number of benzene rings is 2. The van der Waals surface area contributed by atoms with Gasteiger partial charge in [0.05, 0.1) is 11.9 Å². The van der Waals surface area contributed by atoms with E-state index in [1.54, 1.807) is 0 Å². The molecule has 11 heteroatoms. The maximum Gasteiger partial charge on any atom is 0.251 e. The van der Waals surface area contributed by atoms with Crippen LogP contribution < -0.4 is 15.0 Å². The third-order valence-corrected chi connectivity index (χ3v) is 7.33. The molecule has 35 heavy (non-hydrogen) atoms. The van der Waals surface area contributed by atoms with Crippen LogP contribution in [0.25, 0.3) is 11.1 Å². The van der Waals surface area contributed by atoms with Crippen LogP contribution in [0.3, 0.4) is 0 Å². The minimum atomic E-state index is -3.51. The Morgan fingerprint density at radius 1 is 1.11 bits per heavy atom. The lowest BCUT2D eigenvalue weighted by Crippen LogP contribution is -2.37. The van der Waals surface area contributed by atoms with E-state index in [1.807, 2.05) is 0 Å². The van der Waals surface area contributed by atoms with E-state index in [0.717, 1.165) is 18.4 Å². The first-order chi connectivity index (χ1) is 16.5. The number of fused-ring (bicyclic) bond motifs is 7. The van der Waals surface area contributed by atoms with E-state index in [0.29, 0.717) is 12.8 Å². The molecule has 184 valence electrons. The van der Waals surface area contributed by atoms with Crippen LogP contribution in [0.15, 0.2) is 41.2 Å². The van der Waals surface area contributed by atoms with Gasteiger partial charge in [0, 0.05) is 34.7 Å². The van der Waals surface area contributed by atoms with Crippen molar-refractivity contribution in [3.8, 4) is 16.9 Å². The van der Waals surface area contributed by atoms with Crippen molar-refractivity contribution in [3.05, 3.63) is 81.3 Å². The molecular weight excluding hydrogens is 483 g/mol. The van der Waals surface area contributed by atoms with Crippen LogP contribution in [-0.4, -0.2) is 30.7 Å². The van der Waals surface area contributed by atoms with Crippen LogP contribution in [0.4, 0.5) is 13.2 Å². The SMILES string of the molecule is CS(=O)(=O)N[C@H]1CC[C@@]2(Cc3cc(c(F)cc3F)-c3cccc(F)c3OCc3cc(=O)[nH]c2n3)C1. The van der Waals surface area contributed by atoms with Gasteiger partial charge in [-0.15, -0.1) is 0 Å². The fraction of sp³-hybridized carbons (Fsp3) is 0.333. The molecule has 0 amide bonds. The number of rotatable bonds is 2. The molecular formula is C24H22F3N3O4S. The van der Waals surface area contributed by atoms with Crippen LogP contribution in [0.2, 0.25) is 0 Å². The Balaban J connectivity index is 1.72. The van der Waals surface area contributed by atoms with Gasteiger partial charge in [-0.1, -0.05) is 12.1 Å². The first-order valence-electron chi connectivity index (χ1n) is 11.0. The van der Waals surface area contributed by atoms with Crippen LogP contribution in [0, 0.1) is 17.5 Å². The van der Waals surface area contributed by atoms with E-state index in [2.05, 4.69) is 14.7 Å². The molecule has 2 atom stereocenters. The summed E-state index contributed by atoms with van der Waals surface area (Å²) in [6.07, 6.45) is 2.14. The highest BCUT2D eigenvalue weighted by Gasteiger charge is 2.44. The molecule has 5 rings (SSSR count). The van der Waals surface area contributed by atoms with E-state index in [4.69, 9.17) is 4.74 Å². The maximum absolute atomic E-state index is 15.1. The van der Waals surface area contributed by atoms with Gasteiger partial charge in [0.15, 0.2) is 11.6 Å². The highest BCUT2D eigenvalue weighted by Crippen LogP contribution is 2.44. The van der Waals surface area contributed by atoms with Gasteiger partial charge in [-0.05, 0) is 43.4 Å². The van der Waals surface area contributed by atoms with Crippen molar-refractivity contribution in [3.63, 3.8) is 0 Å². The Hall–Kier alpha value is -3.18. The van der Waals surface area contributed by atoms with Gasteiger partial charge >= 0.3 is 0 Å². The zero-order valence-corrected chi connectivity index (χ0v) is 19.5. The Bertz CT molecular complexity index is 1490. The molecule has 0 radical (unpaired) electrons. The molecule has 2 heterocycles. The van der Waals surface area contributed by atoms with Gasteiger partial charge in [0.1, 0.15) is 24.1 Å². The molecule has 1 aliphatic carbocycles. The number of nitrogens with zero attached hydrogens (tertiary/aromatic N) is 1. The number of aromatic amines is 1. The molecule has 4 bridgehead atoms. The molecule has 1 spiro atoms. The lowest BCUT2D eigenvalue weighted by Gasteiger charge is -2.30. The lowest BCUT2D eigenvalue weighted by molar-refractivity contribution is 0.284. The second kappa shape index (κ2) is 8.49. The molecule has 0 saturated heterocycles. The molecule has 7 nitrogen and oxygen atoms in total. The summed E-state index contributed by atoms with van der Waals surface area (Å²) in [5, 5.41) is 0. The Kier molecular flexibility index (Phi) is 5.71. The second-order valence-corrected chi connectivity index (χ2v) is 11.0. The van der Waals surface area contributed by atoms with E-state index < -0.39 is 44.5 Å². The van der Waals surface area contributed by atoms with Crippen molar-refractivity contribution in [1.29, 1.82) is 0 Å². The summed E-state index contributed by atoms with van der Waals surface area (Å²) < 4.78 is 76.6. The summed E-state index contributed by atoms with van der Waals surface area (Å²) in [5.41, 5.74) is -0.991. The minimum Gasteiger partial charge on any atom is -0.484 e. The molecule has 2 N–H and O–H groups in total. The third kappa shape index (κ3) is 4.57. The van der Waals surface area contributed by atoms with Crippen LogP contribution in [0.5, 0.6) is 5.75 Å². The van der Waals surface area contributed by atoms with Crippen LogP contribution >= 0.6 is 0 Å². The number of sulfonamides is 1. The molecule has 2 aromatic carbocycles. The molecule has 0 unspecified atom stereocenters. The van der Waals surface area contributed by atoms with E-state index in [1.165, 1.54) is 24.3 Å². The highest BCUT2D eigenvalue weighted by molar-refractivity contribution is 7.88. The average Bonchev–Trinajstić information content (AvgIpc) is 3.16. The van der Waals surface area contributed by atoms with Crippen molar-refractivity contribution in [2.75, 3.05) is 6.26 Å². The van der Waals surface area contributed by atoms with Crippen molar-refractivity contribution in [2.45, 2.75) is 43.7 Å². The topological polar surface area (TPSA) is 101 Å². The number of hydrogen-bond donors (Lipinski definition) is 2.